The van der Waals surface area contributed by atoms with Crippen LogP contribution in [-0.4, -0.2) is 61.1 Å². The second-order valence-corrected chi connectivity index (χ2v) is 8.18. The molecular weight excluding hydrogens is 408 g/mol. The summed E-state index contributed by atoms with van der Waals surface area (Å²) in [5, 5.41) is 2.82. The molecule has 2 aromatic carbocycles. The normalized spacial score (nSPS) is 20.0. The summed E-state index contributed by atoms with van der Waals surface area (Å²) in [6, 6.07) is 12.8. The van der Waals surface area contributed by atoms with Gasteiger partial charge in [-0.05, 0) is 57.2 Å². The molecule has 0 radical (unpaired) electrons. The van der Waals surface area contributed by atoms with Gasteiger partial charge in [0.15, 0.2) is 0 Å². The number of benzene rings is 2. The molecule has 0 spiro atoms. The van der Waals surface area contributed by atoms with E-state index in [1.807, 2.05) is 43.3 Å². The van der Waals surface area contributed by atoms with Crippen molar-refractivity contribution < 1.29 is 19.1 Å². The van der Waals surface area contributed by atoms with E-state index in [0.29, 0.717) is 24.6 Å². The fourth-order valence-corrected chi connectivity index (χ4v) is 4.02. The van der Waals surface area contributed by atoms with Crippen LogP contribution < -0.4 is 15.1 Å². The zero-order valence-corrected chi connectivity index (χ0v) is 18.6. The van der Waals surface area contributed by atoms with Crippen molar-refractivity contribution in [1.82, 2.24) is 4.90 Å². The Balaban J connectivity index is 1.44. The Morgan fingerprint density at radius 1 is 1.00 bits per heavy atom. The first-order valence-corrected chi connectivity index (χ1v) is 10.8. The van der Waals surface area contributed by atoms with Gasteiger partial charge in [0, 0.05) is 30.2 Å². The first-order chi connectivity index (χ1) is 15.4. The summed E-state index contributed by atoms with van der Waals surface area (Å²) < 4.78 is 5.38. The maximum Gasteiger partial charge on any atom is 0.332 e. The van der Waals surface area contributed by atoms with E-state index in [0.717, 1.165) is 29.2 Å². The molecule has 8 heteroatoms. The number of rotatable bonds is 5. The number of anilines is 3. The van der Waals surface area contributed by atoms with Gasteiger partial charge < -0.3 is 15.0 Å². The molecule has 0 aromatic heterocycles. The third-order valence-electron chi connectivity index (χ3n) is 5.98. The molecule has 2 fully saturated rings. The molecule has 1 N–H and O–H groups in total. The third-order valence-corrected chi connectivity index (χ3v) is 5.98. The Bertz CT molecular complexity index is 1000. The van der Waals surface area contributed by atoms with Gasteiger partial charge in [0.25, 0.3) is 5.91 Å². The van der Waals surface area contributed by atoms with Crippen molar-refractivity contribution in [3.8, 4) is 0 Å². The zero-order chi connectivity index (χ0) is 22.8. The van der Waals surface area contributed by atoms with Crippen LogP contribution in [-0.2, 0) is 14.3 Å². The van der Waals surface area contributed by atoms with Crippen LogP contribution in [0.2, 0.25) is 0 Å². The summed E-state index contributed by atoms with van der Waals surface area (Å²) in [6.07, 6.45) is 0. The number of nitrogens with one attached hydrogen (secondary N) is 1. The number of urea groups is 1. The monoisotopic (exact) mass is 436 g/mol. The molecular formula is C24H28N4O4. The number of amides is 4. The van der Waals surface area contributed by atoms with Crippen molar-refractivity contribution in [3.05, 3.63) is 54.1 Å². The third kappa shape index (κ3) is 4.18. The highest BCUT2D eigenvalue weighted by atomic mass is 16.5. The minimum atomic E-state index is -0.938. The average Bonchev–Trinajstić information content (AvgIpc) is 3.03. The lowest BCUT2D eigenvalue weighted by molar-refractivity contribution is -0.133. The van der Waals surface area contributed by atoms with E-state index in [1.54, 1.807) is 26.0 Å². The number of morpholine rings is 1. The van der Waals surface area contributed by atoms with Crippen LogP contribution in [0.15, 0.2) is 48.5 Å². The van der Waals surface area contributed by atoms with Crippen molar-refractivity contribution in [2.24, 2.45) is 0 Å². The zero-order valence-electron chi connectivity index (χ0n) is 18.6. The number of hydrogen-bond donors (Lipinski definition) is 1. The Morgan fingerprint density at radius 3 is 2.22 bits per heavy atom. The van der Waals surface area contributed by atoms with Crippen molar-refractivity contribution in [2.45, 2.75) is 32.9 Å². The molecule has 168 valence electrons. The van der Waals surface area contributed by atoms with Crippen LogP contribution in [0.1, 0.15) is 19.4 Å². The summed E-state index contributed by atoms with van der Waals surface area (Å²) in [7, 11) is 0. The molecule has 2 heterocycles. The van der Waals surface area contributed by atoms with Crippen molar-refractivity contribution in [1.29, 1.82) is 0 Å². The van der Waals surface area contributed by atoms with Gasteiger partial charge in [0.05, 0.1) is 13.2 Å². The first kappa shape index (κ1) is 21.8. The lowest BCUT2D eigenvalue weighted by Crippen LogP contribution is -2.46. The van der Waals surface area contributed by atoms with Gasteiger partial charge in [-0.1, -0.05) is 17.7 Å². The quantitative estimate of drug-likeness (QED) is 0.729. The highest BCUT2D eigenvalue weighted by Gasteiger charge is 2.47. The van der Waals surface area contributed by atoms with Crippen molar-refractivity contribution in [2.75, 3.05) is 41.4 Å². The van der Waals surface area contributed by atoms with Gasteiger partial charge in [-0.25, -0.2) is 9.69 Å². The van der Waals surface area contributed by atoms with E-state index in [-0.39, 0.29) is 5.91 Å². The van der Waals surface area contributed by atoms with Crippen LogP contribution in [0.25, 0.3) is 0 Å². The highest BCUT2D eigenvalue weighted by Crippen LogP contribution is 2.28. The van der Waals surface area contributed by atoms with E-state index in [2.05, 4.69) is 10.2 Å². The fraction of sp³-hybridized carbons (Fsp3) is 0.375. The number of nitrogens with zero attached hydrogens (tertiary/aromatic N) is 3. The average molecular weight is 437 g/mol. The minimum Gasteiger partial charge on any atom is -0.378 e. The maximum absolute atomic E-state index is 13.1. The number of hydrogen-bond acceptors (Lipinski definition) is 5. The summed E-state index contributed by atoms with van der Waals surface area (Å²) in [5.41, 5.74) is 3.37. The van der Waals surface area contributed by atoms with Crippen molar-refractivity contribution >= 4 is 34.9 Å². The number of imide groups is 1. The molecule has 2 saturated heterocycles. The lowest BCUT2D eigenvalue weighted by atomic mass is 10.2. The Hall–Kier alpha value is -3.39. The molecule has 4 rings (SSSR count). The van der Waals surface area contributed by atoms with Crippen LogP contribution in [0, 0.1) is 6.92 Å². The van der Waals surface area contributed by atoms with E-state index >= 15 is 0 Å². The first-order valence-electron chi connectivity index (χ1n) is 10.8. The molecule has 0 saturated carbocycles. The lowest BCUT2D eigenvalue weighted by Gasteiger charge is -2.29. The molecule has 0 bridgehead atoms. The molecule has 2 atom stereocenters. The van der Waals surface area contributed by atoms with Gasteiger partial charge in [-0.2, -0.15) is 0 Å². The molecule has 4 amide bonds. The van der Waals surface area contributed by atoms with Gasteiger partial charge in [-0.15, -0.1) is 0 Å². The van der Waals surface area contributed by atoms with Gasteiger partial charge in [0.2, 0.25) is 5.91 Å². The van der Waals surface area contributed by atoms with E-state index < -0.39 is 24.0 Å². The summed E-state index contributed by atoms with van der Waals surface area (Å²) >= 11 is 0. The molecule has 2 aliphatic rings. The number of carbonyl (C=O) groups excluding carboxylic acids is 3. The van der Waals surface area contributed by atoms with Gasteiger partial charge in [-0.3, -0.25) is 14.5 Å². The molecule has 8 nitrogen and oxygen atoms in total. The smallest absolute Gasteiger partial charge is 0.332 e. The predicted octanol–water partition coefficient (Wildman–Crippen LogP) is 3.02. The van der Waals surface area contributed by atoms with Gasteiger partial charge >= 0.3 is 6.03 Å². The summed E-state index contributed by atoms with van der Waals surface area (Å²) in [5.74, 6) is -0.801. The summed E-state index contributed by atoms with van der Waals surface area (Å²) in [4.78, 5) is 43.5. The topological polar surface area (TPSA) is 82.2 Å². The molecule has 2 aromatic rings. The highest BCUT2D eigenvalue weighted by molar-refractivity contribution is 6.16. The van der Waals surface area contributed by atoms with Crippen LogP contribution in [0.5, 0.6) is 0 Å². The molecule has 2 aliphatic heterocycles. The standard InChI is InChI=1S/C24H28N4O4/c1-16-4-8-21(9-5-16)27-18(3)23(30)28(24(27)31)17(2)22(29)25-19-6-10-20(11-7-19)26-12-14-32-15-13-26/h4-11,17-18H,12-15H2,1-3H3,(H,25,29)/t17-,18-/m1/s1. The molecule has 0 aliphatic carbocycles. The maximum atomic E-state index is 13.1. The van der Waals surface area contributed by atoms with Crippen LogP contribution in [0.4, 0.5) is 21.9 Å². The Kier molecular flexibility index (Phi) is 6.14. The van der Waals surface area contributed by atoms with Crippen LogP contribution in [0.3, 0.4) is 0 Å². The Morgan fingerprint density at radius 2 is 1.59 bits per heavy atom. The summed E-state index contributed by atoms with van der Waals surface area (Å²) in [6.45, 7) is 8.26. The molecule has 0 unspecified atom stereocenters. The van der Waals surface area contributed by atoms with Crippen molar-refractivity contribution in [3.63, 3.8) is 0 Å². The number of ether oxygens (including phenoxy) is 1. The van der Waals surface area contributed by atoms with Crippen LogP contribution >= 0.6 is 0 Å². The SMILES string of the molecule is Cc1ccc(N2C(=O)N([C@H](C)C(=O)Nc3ccc(N4CCOCC4)cc3)C(=O)[C@H]2C)cc1. The largest absolute Gasteiger partial charge is 0.378 e. The Labute approximate surface area is 187 Å². The van der Waals surface area contributed by atoms with E-state index in [1.165, 1.54) is 4.90 Å². The van der Waals surface area contributed by atoms with E-state index in [9.17, 15) is 14.4 Å². The molecule has 32 heavy (non-hydrogen) atoms. The van der Waals surface area contributed by atoms with Gasteiger partial charge in [0.1, 0.15) is 12.1 Å². The number of aryl methyl sites for hydroxylation is 1. The minimum absolute atomic E-state index is 0.388. The second kappa shape index (κ2) is 9.00. The predicted molar refractivity (Wildman–Crippen MR) is 123 cm³/mol. The fourth-order valence-electron chi connectivity index (χ4n) is 4.02. The number of carbonyl (C=O) groups is 3. The second-order valence-electron chi connectivity index (χ2n) is 8.18. The van der Waals surface area contributed by atoms with E-state index in [4.69, 9.17) is 4.74 Å².